The average molecular weight is 307 g/mol. The van der Waals surface area contributed by atoms with Crippen molar-refractivity contribution in [2.45, 2.75) is 43.5 Å². The van der Waals surface area contributed by atoms with E-state index >= 15 is 0 Å². The molecule has 0 aromatic carbocycles. The zero-order chi connectivity index (χ0) is 16.0. The molecule has 9 heteroatoms. The minimum Gasteiger partial charge on any atom is -0.469 e. The third kappa shape index (κ3) is 4.61. The normalized spacial score (nSPS) is 32.5. The summed E-state index contributed by atoms with van der Waals surface area (Å²) in [7, 11) is 2.52. The van der Waals surface area contributed by atoms with E-state index in [0.717, 1.165) is 0 Å². The number of carbonyl (C=O) groups is 2. The molecule has 0 saturated carbocycles. The summed E-state index contributed by atoms with van der Waals surface area (Å²) in [5.74, 6) is -1.06. The Hall–Kier alpha value is -1.26. The number of nitrogens with one attached hydrogen (secondary N) is 1. The Morgan fingerprint density at radius 1 is 1.19 bits per heavy atom. The van der Waals surface area contributed by atoms with Gasteiger partial charge in [-0.25, -0.2) is 0 Å². The maximum absolute atomic E-state index is 11.7. The zero-order valence-corrected chi connectivity index (χ0v) is 11.9. The largest absolute Gasteiger partial charge is 0.469 e. The van der Waals surface area contributed by atoms with E-state index in [-0.39, 0.29) is 12.8 Å². The van der Waals surface area contributed by atoms with Crippen LogP contribution in [-0.4, -0.2) is 78.7 Å². The van der Waals surface area contributed by atoms with Crippen molar-refractivity contribution < 1.29 is 39.1 Å². The second-order valence-corrected chi connectivity index (χ2v) is 4.61. The van der Waals surface area contributed by atoms with E-state index in [4.69, 9.17) is 14.6 Å². The van der Waals surface area contributed by atoms with E-state index in [1.807, 2.05) is 0 Å². The van der Waals surface area contributed by atoms with Gasteiger partial charge in [0.25, 0.3) is 0 Å². The van der Waals surface area contributed by atoms with Gasteiger partial charge in [-0.1, -0.05) is 0 Å². The molecule has 4 N–H and O–H groups in total. The first kappa shape index (κ1) is 17.8. The molecule has 1 amide bonds. The first-order valence-corrected chi connectivity index (χ1v) is 6.46. The fraction of sp³-hybridized carbons (Fsp3) is 0.833. The van der Waals surface area contributed by atoms with Crippen LogP contribution in [0.2, 0.25) is 0 Å². The molecule has 0 radical (unpaired) electrons. The number of aliphatic hydroxyl groups is 3. The van der Waals surface area contributed by atoms with E-state index in [0.29, 0.717) is 0 Å². The highest BCUT2D eigenvalue weighted by atomic mass is 16.7. The lowest BCUT2D eigenvalue weighted by Gasteiger charge is -2.41. The van der Waals surface area contributed by atoms with Gasteiger partial charge in [-0.2, -0.15) is 0 Å². The second-order valence-electron chi connectivity index (χ2n) is 4.61. The predicted octanol–water partition coefficient (Wildman–Crippen LogP) is -2.49. The molecule has 3 unspecified atom stereocenters. The molecule has 1 fully saturated rings. The molecule has 21 heavy (non-hydrogen) atoms. The van der Waals surface area contributed by atoms with Gasteiger partial charge in [-0.05, 0) is 0 Å². The lowest BCUT2D eigenvalue weighted by Crippen LogP contribution is -2.64. The second kappa shape index (κ2) is 8.25. The maximum Gasteiger partial charge on any atom is 0.306 e. The molecule has 0 aromatic heterocycles. The van der Waals surface area contributed by atoms with Crippen LogP contribution in [0.25, 0.3) is 0 Å². The number of ether oxygens (including phenoxy) is 3. The molecular formula is C12H21NO8. The molecule has 9 nitrogen and oxygen atoms in total. The highest BCUT2D eigenvalue weighted by Gasteiger charge is 2.45. The van der Waals surface area contributed by atoms with Gasteiger partial charge in [0.1, 0.15) is 24.4 Å². The monoisotopic (exact) mass is 307 g/mol. The number of esters is 1. The molecule has 5 atom stereocenters. The number of hydrogen-bond acceptors (Lipinski definition) is 8. The Bertz CT molecular complexity index is 361. The molecule has 0 aromatic rings. The van der Waals surface area contributed by atoms with Gasteiger partial charge >= 0.3 is 5.97 Å². The standard InChI is InChI=1S/C12H21NO8/c1-19-8(16)4-3-7(15)13-9-11(18)10(17)6(5-14)21-12(9)20-2/h6,9-12,14,17-18H,3-5H2,1-2H3,(H,13,15)/t6?,9?,10-,11?,12+/m1/s1. The van der Waals surface area contributed by atoms with Crippen LogP contribution in [0.3, 0.4) is 0 Å². The molecule has 1 heterocycles. The number of amides is 1. The van der Waals surface area contributed by atoms with Gasteiger partial charge < -0.3 is 34.8 Å². The number of rotatable bonds is 6. The van der Waals surface area contributed by atoms with Crippen LogP contribution in [0.15, 0.2) is 0 Å². The Balaban J connectivity index is 2.62. The lowest BCUT2D eigenvalue weighted by atomic mass is 9.97. The third-order valence-electron chi connectivity index (χ3n) is 3.22. The van der Waals surface area contributed by atoms with Crippen LogP contribution in [0.1, 0.15) is 12.8 Å². The van der Waals surface area contributed by atoms with Crippen LogP contribution in [-0.2, 0) is 23.8 Å². The van der Waals surface area contributed by atoms with Crippen LogP contribution in [0.4, 0.5) is 0 Å². The van der Waals surface area contributed by atoms with E-state index in [9.17, 15) is 19.8 Å². The van der Waals surface area contributed by atoms with Crippen LogP contribution >= 0.6 is 0 Å². The topological polar surface area (TPSA) is 135 Å². The zero-order valence-electron chi connectivity index (χ0n) is 11.9. The van der Waals surface area contributed by atoms with Crippen molar-refractivity contribution in [3.05, 3.63) is 0 Å². The van der Waals surface area contributed by atoms with Crippen molar-refractivity contribution in [1.82, 2.24) is 5.32 Å². The highest BCUT2D eigenvalue weighted by Crippen LogP contribution is 2.21. The summed E-state index contributed by atoms with van der Waals surface area (Å²) in [5, 5.41) is 31.2. The molecule has 1 aliphatic rings. The van der Waals surface area contributed by atoms with Gasteiger partial charge in [0.2, 0.25) is 5.91 Å². The SMILES string of the molecule is COC(=O)CCC(=O)NC1C(O)[C@H](O)C(CO)O[C@@H]1OC. The summed E-state index contributed by atoms with van der Waals surface area (Å²) < 4.78 is 14.6. The van der Waals surface area contributed by atoms with E-state index in [2.05, 4.69) is 10.1 Å². The Morgan fingerprint density at radius 3 is 2.38 bits per heavy atom. The van der Waals surface area contributed by atoms with Crippen molar-refractivity contribution in [2.75, 3.05) is 20.8 Å². The first-order chi connectivity index (χ1) is 9.94. The van der Waals surface area contributed by atoms with Gasteiger partial charge in [0, 0.05) is 13.5 Å². The van der Waals surface area contributed by atoms with Crippen molar-refractivity contribution >= 4 is 11.9 Å². The molecule has 122 valence electrons. The van der Waals surface area contributed by atoms with Gasteiger partial charge in [0.15, 0.2) is 6.29 Å². The molecule has 0 bridgehead atoms. The summed E-state index contributed by atoms with van der Waals surface area (Å²) in [5.41, 5.74) is 0. The maximum atomic E-state index is 11.7. The lowest BCUT2D eigenvalue weighted by molar-refractivity contribution is -0.262. The summed E-state index contributed by atoms with van der Waals surface area (Å²) in [4.78, 5) is 22.7. The predicted molar refractivity (Wildman–Crippen MR) is 68.0 cm³/mol. The molecule has 0 spiro atoms. The van der Waals surface area contributed by atoms with Crippen LogP contribution in [0, 0.1) is 0 Å². The quantitative estimate of drug-likeness (QED) is 0.396. The highest BCUT2D eigenvalue weighted by molar-refractivity contribution is 5.81. The van der Waals surface area contributed by atoms with Crippen molar-refractivity contribution in [3.8, 4) is 0 Å². The fourth-order valence-corrected chi connectivity index (χ4v) is 2.01. The van der Waals surface area contributed by atoms with Gasteiger partial charge in [-0.15, -0.1) is 0 Å². The first-order valence-electron chi connectivity index (χ1n) is 6.46. The average Bonchev–Trinajstić information content (AvgIpc) is 2.49. The molecule has 0 aliphatic carbocycles. The van der Waals surface area contributed by atoms with Crippen molar-refractivity contribution in [3.63, 3.8) is 0 Å². The fourth-order valence-electron chi connectivity index (χ4n) is 2.01. The minimum absolute atomic E-state index is 0.106. The van der Waals surface area contributed by atoms with Gasteiger partial charge in [0.05, 0.1) is 20.1 Å². The summed E-state index contributed by atoms with van der Waals surface area (Å²) >= 11 is 0. The van der Waals surface area contributed by atoms with E-state index in [1.54, 1.807) is 0 Å². The smallest absolute Gasteiger partial charge is 0.306 e. The van der Waals surface area contributed by atoms with Gasteiger partial charge in [-0.3, -0.25) is 9.59 Å². The number of carbonyl (C=O) groups excluding carboxylic acids is 2. The Kier molecular flexibility index (Phi) is 6.99. The van der Waals surface area contributed by atoms with E-state index in [1.165, 1.54) is 14.2 Å². The summed E-state index contributed by atoms with van der Waals surface area (Å²) in [6.45, 7) is -0.499. The Morgan fingerprint density at radius 2 is 1.86 bits per heavy atom. The minimum atomic E-state index is -1.37. The number of hydrogen-bond donors (Lipinski definition) is 4. The van der Waals surface area contributed by atoms with E-state index < -0.39 is 49.1 Å². The summed E-state index contributed by atoms with van der Waals surface area (Å²) in [6, 6.07) is -1.02. The molecule has 1 rings (SSSR count). The number of methoxy groups -OCH3 is 2. The van der Waals surface area contributed by atoms with Crippen LogP contribution < -0.4 is 5.32 Å². The van der Waals surface area contributed by atoms with Crippen molar-refractivity contribution in [1.29, 1.82) is 0 Å². The van der Waals surface area contributed by atoms with Crippen LogP contribution in [0.5, 0.6) is 0 Å². The molecular weight excluding hydrogens is 286 g/mol. The third-order valence-corrected chi connectivity index (χ3v) is 3.22. The Labute approximate surface area is 121 Å². The molecule has 1 aliphatic heterocycles. The summed E-state index contributed by atoms with van der Waals surface area (Å²) in [6.07, 6.45) is -5.01. The molecule has 1 saturated heterocycles. The van der Waals surface area contributed by atoms with Crippen molar-refractivity contribution in [2.24, 2.45) is 0 Å². The number of aliphatic hydroxyl groups excluding tert-OH is 3.